The van der Waals surface area contributed by atoms with Crippen LogP contribution in [-0.2, 0) is 11.4 Å². The number of hydrogen-bond acceptors (Lipinski definition) is 4. The van der Waals surface area contributed by atoms with Crippen molar-refractivity contribution in [1.29, 1.82) is 0 Å². The Morgan fingerprint density at radius 2 is 1.92 bits per heavy atom. The van der Waals surface area contributed by atoms with E-state index in [1.165, 1.54) is 17.3 Å². The molecule has 3 nitrogen and oxygen atoms in total. The first kappa shape index (κ1) is 18.4. The van der Waals surface area contributed by atoms with Gasteiger partial charge < -0.3 is 4.74 Å². The molecule has 0 spiro atoms. The molecule has 0 atom stereocenters. The lowest BCUT2D eigenvalue weighted by atomic mass is 10.1. The molecule has 1 fully saturated rings. The van der Waals surface area contributed by atoms with E-state index >= 15 is 0 Å². The van der Waals surface area contributed by atoms with E-state index in [4.69, 9.17) is 17.0 Å². The number of nitrogens with zero attached hydrogens (tertiary/aromatic N) is 1. The van der Waals surface area contributed by atoms with Crippen molar-refractivity contribution < 1.29 is 9.53 Å². The van der Waals surface area contributed by atoms with Crippen LogP contribution in [0.25, 0.3) is 6.08 Å². The highest BCUT2D eigenvalue weighted by molar-refractivity contribution is 8.26. The number of ether oxygens (including phenoxy) is 1. The minimum absolute atomic E-state index is 0.0896. The van der Waals surface area contributed by atoms with Crippen LogP contribution in [0.4, 0.5) is 0 Å². The lowest BCUT2D eigenvalue weighted by molar-refractivity contribution is -0.121. The van der Waals surface area contributed by atoms with E-state index in [2.05, 4.69) is 37.8 Å². The van der Waals surface area contributed by atoms with E-state index in [0.717, 1.165) is 16.9 Å². The van der Waals surface area contributed by atoms with Gasteiger partial charge in [0, 0.05) is 12.1 Å². The number of aryl methyl sites for hydroxylation is 1. The Labute approximate surface area is 163 Å². The lowest BCUT2D eigenvalue weighted by Crippen LogP contribution is -2.27. The van der Waals surface area contributed by atoms with Crippen molar-refractivity contribution in [3.63, 3.8) is 0 Å². The number of benzene rings is 2. The molecule has 1 aliphatic rings. The van der Waals surface area contributed by atoms with Crippen molar-refractivity contribution in [2.45, 2.75) is 13.5 Å². The van der Waals surface area contributed by atoms with Crippen LogP contribution in [0.5, 0.6) is 5.75 Å². The molecular formula is C21H19NO2S2. The second kappa shape index (κ2) is 8.34. The Balaban J connectivity index is 1.79. The van der Waals surface area contributed by atoms with Crippen LogP contribution in [0.3, 0.4) is 0 Å². The second-order valence-corrected chi connectivity index (χ2v) is 7.57. The van der Waals surface area contributed by atoms with Gasteiger partial charge in [0.25, 0.3) is 5.91 Å². The van der Waals surface area contributed by atoms with Gasteiger partial charge in [-0.25, -0.2) is 0 Å². The van der Waals surface area contributed by atoms with Gasteiger partial charge in [0.15, 0.2) is 0 Å². The van der Waals surface area contributed by atoms with Gasteiger partial charge in [-0.3, -0.25) is 9.69 Å². The van der Waals surface area contributed by atoms with Crippen LogP contribution >= 0.6 is 24.0 Å². The summed E-state index contributed by atoms with van der Waals surface area (Å²) in [5.41, 5.74) is 3.18. The quantitative estimate of drug-likeness (QED) is 0.402. The molecule has 2 aromatic rings. The van der Waals surface area contributed by atoms with Crippen LogP contribution < -0.4 is 4.74 Å². The summed E-state index contributed by atoms with van der Waals surface area (Å²) in [6, 6.07) is 15.9. The summed E-state index contributed by atoms with van der Waals surface area (Å²) in [5, 5.41) is 0. The van der Waals surface area contributed by atoms with Gasteiger partial charge in [0.2, 0.25) is 0 Å². The zero-order chi connectivity index (χ0) is 18.5. The Kier molecular flexibility index (Phi) is 5.91. The molecule has 0 aromatic heterocycles. The maximum absolute atomic E-state index is 12.5. The van der Waals surface area contributed by atoms with E-state index in [-0.39, 0.29) is 5.91 Å². The molecule has 132 valence electrons. The fourth-order valence-corrected chi connectivity index (χ4v) is 3.77. The number of hydrogen-bond donors (Lipinski definition) is 0. The fraction of sp³-hybridized carbons (Fsp3) is 0.143. The number of rotatable bonds is 6. The smallest absolute Gasteiger partial charge is 0.266 e. The van der Waals surface area contributed by atoms with Gasteiger partial charge in [-0.2, -0.15) is 0 Å². The SMILES string of the molecule is C=CCN1C(=O)/C(=C/c2ccccc2OCc2ccc(C)cc2)SC1=S. The number of thioether (sulfide) groups is 1. The van der Waals surface area contributed by atoms with Crippen LogP contribution in [0, 0.1) is 6.92 Å². The standard InChI is InChI=1S/C21H19NO2S2/c1-3-12-22-20(23)19(26-21(22)25)13-17-6-4-5-7-18(17)24-14-16-10-8-15(2)9-11-16/h3-11,13H,1,12,14H2,2H3/b19-13-. The summed E-state index contributed by atoms with van der Waals surface area (Å²) in [6.45, 7) is 6.63. The minimum Gasteiger partial charge on any atom is -0.488 e. The predicted molar refractivity (Wildman–Crippen MR) is 112 cm³/mol. The molecule has 0 N–H and O–H groups in total. The Morgan fingerprint density at radius 1 is 1.19 bits per heavy atom. The summed E-state index contributed by atoms with van der Waals surface area (Å²) in [4.78, 5) is 14.6. The van der Waals surface area contributed by atoms with Gasteiger partial charge in [-0.15, -0.1) is 6.58 Å². The number of para-hydroxylation sites is 1. The first-order chi connectivity index (χ1) is 12.6. The van der Waals surface area contributed by atoms with E-state index < -0.39 is 0 Å². The van der Waals surface area contributed by atoms with Crippen molar-refractivity contribution in [2.75, 3.05) is 6.54 Å². The minimum atomic E-state index is -0.0896. The third-order valence-electron chi connectivity index (χ3n) is 3.91. The number of carbonyl (C=O) groups is 1. The highest BCUT2D eigenvalue weighted by Crippen LogP contribution is 2.34. The molecule has 26 heavy (non-hydrogen) atoms. The summed E-state index contributed by atoms with van der Waals surface area (Å²) >= 11 is 6.59. The van der Waals surface area contributed by atoms with Crippen molar-refractivity contribution in [3.8, 4) is 5.75 Å². The molecule has 0 radical (unpaired) electrons. The van der Waals surface area contributed by atoms with E-state index in [9.17, 15) is 4.79 Å². The predicted octanol–water partition coefficient (Wildman–Crippen LogP) is 4.96. The molecule has 3 rings (SSSR count). The summed E-state index contributed by atoms with van der Waals surface area (Å²) in [5.74, 6) is 0.648. The van der Waals surface area contributed by atoms with Crippen LogP contribution in [0.2, 0.25) is 0 Å². The van der Waals surface area contributed by atoms with E-state index in [0.29, 0.717) is 22.4 Å². The van der Waals surface area contributed by atoms with Crippen LogP contribution in [0.1, 0.15) is 16.7 Å². The van der Waals surface area contributed by atoms with Crippen LogP contribution in [-0.4, -0.2) is 21.7 Å². The van der Waals surface area contributed by atoms with Gasteiger partial charge in [0.05, 0.1) is 4.91 Å². The van der Waals surface area contributed by atoms with E-state index in [1.807, 2.05) is 30.3 Å². The van der Waals surface area contributed by atoms with Crippen molar-refractivity contribution in [1.82, 2.24) is 4.90 Å². The second-order valence-electron chi connectivity index (χ2n) is 5.89. The molecule has 1 aliphatic heterocycles. The maximum atomic E-state index is 12.5. The molecule has 1 saturated heterocycles. The lowest BCUT2D eigenvalue weighted by Gasteiger charge is -2.11. The molecule has 0 bridgehead atoms. The average Bonchev–Trinajstić information content (AvgIpc) is 2.90. The van der Waals surface area contributed by atoms with Crippen molar-refractivity contribution in [3.05, 3.63) is 82.8 Å². The molecular weight excluding hydrogens is 362 g/mol. The zero-order valence-corrected chi connectivity index (χ0v) is 16.1. The first-order valence-corrected chi connectivity index (χ1v) is 9.44. The summed E-state index contributed by atoms with van der Waals surface area (Å²) < 4.78 is 6.54. The molecule has 5 heteroatoms. The first-order valence-electron chi connectivity index (χ1n) is 8.22. The molecule has 1 heterocycles. The van der Waals surface area contributed by atoms with Gasteiger partial charge >= 0.3 is 0 Å². The average molecular weight is 382 g/mol. The number of thiocarbonyl (C=S) groups is 1. The van der Waals surface area contributed by atoms with Crippen LogP contribution in [0.15, 0.2) is 66.1 Å². The number of carbonyl (C=O) groups excluding carboxylic acids is 1. The Hall–Kier alpha value is -2.37. The van der Waals surface area contributed by atoms with Gasteiger partial charge in [-0.05, 0) is 24.6 Å². The third-order valence-corrected chi connectivity index (χ3v) is 5.28. The highest BCUT2D eigenvalue weighted by atomic mass is 32.2. The van der Waals surface area contributed by atoms with Gasteiger partial charge in [0.1, 0.15) is 16.7 Å². The third kappa shape index (κ3) is 4.23. The van der Waals surface area contributed by atoms with Crippen molar-refractivity contribution >= 4 is 40.3 Å². The Morgan fingerprint density at radius 3 is 2.65 bits per heavy atom. The van der Waals surface area contributed by atoms with Crippen molar-refractivity contribution in [2.24, 2.45) is 0 Å². The highest BCUT2D eigenvalue weighted by Gasteiger charge is 2.31. The monoisotopic (exact) mass is 381 g/mol. The molecule has 0 unspecified atom stereocenters. The fourth-order valence-electron chi connectivity index (χ4n) is 2.50. The maximum Gasteiger partial charge on any atom is 0.266 e. The Bertz CT molecular complexity index is 872. The topological polar surface area (TPSA) is 29.5 Å². The summed E-state index contributed by atoms with van der Waals surface area (Å²) in [7, 11) is 0. The zero-order valence-electron chi connectivity index (χ0n) is 14.5. The molecule has 1 amide bonds. The molecule has 2 aromatic carbocycles. The van der Waals surface area contributed by atoms with E-state index in [1.54, 1.807) is 11.0 Å². The van der Waals surface area contributed by atoms with Gasteiger partial charge in [-0.1, -0.05) is 78.1 Å². The molecule has 0 aliphatic carbocycles. The summed E-state index contributed by atoms with van der Waals surface area (Å²) in [6.07, 6.45) is 3.51. The largest absolute Gasteiger partial charge is 0.488 e. The number of amides is 1. The normalized spacial score (nSPS) is 15.6. The molecule has 0 saturated carbocycles.